The Morgan fingerprint density at radius 2 is 0.810 bits per heavy atom. The SMILES string of the molecule is COc1ccc(N=Nc2ccc(O)c(C=NC(c3ccc(C(=O)O)cc3)C(N=Cc3cc(N=Nc4ccc(OC)cc4)ccc3O)c3ccc(C(=O)O)cc3)c2)cc1. The lowest BCUT2D eigenvalue weighted by atomic mass is 9.92. The normalized spacial score (nSPS) is 12.7. The Balaban J connectivity index is 1.40. The minimum Gasteiger partial charge on any atom is -0.507 e. The standard InChI is InChI=1S/C44H36N6O8/c1-57-37-17-11-33(12-18-37)47-49-35-15-21-39(51)31(23-35)25-45-41(27-3-7-29(8-4-27)43(53)54)42(28-5-9-30(10-6-28)44(55)56)46-26-32-24-36(16-22-40(32)52)50-48-34-13-19-38(58-2)20-14-34/h3-26,41-42,51-52H,1-2H3,(H,53,54)(H,55,56). The average Bonchev–Trinajstić information content (AvgIpc) is 3.25. The van der Waals surface area contributed by atoms with Gasteiger partial charge in [-0.15, -0.1) is 0 Å². The maximum Gasteiger partial charge on any atom is 0.335 e. The number of carboxylic acids is 2. The van der Waals surface area contributed by atoms with E-state index in [4.69, 9.17) is 19.5 Å². The second kappa shape index (κ2) is 18.6. The van der Waals surface area contributed by atoms with Gasteiger partial charge in [-0.05, 0) is 120 Å². The number of rotatable bonds is 15. The summed E-state index contributed by atoms with van der Waals surface area (Å²) in [7, 11) is 3.14. The van der Waals surface area contributed by atoms with Crippen LogP contribution >= 0.6 is 0 Å². The van der Waals surface area contributed by atoms with Gasteiger partial charge in [0.05, 0.1) is 48.1 Å². The lowest BCUT2D eigenvalue weighted by molar-refractivity contribution is 0.0686. The number of azo groups is 2. The molecule has 4 N–H and O–H groups in total. The first-order chi connectivity index (χ1) is 28.1. The van der Waals surface area contributed by atoms with Crippen molar-refractivity contribution >= 4 is 47.1 Å². The number of ether oxygens (including phenoxy) is 2. The lowest BCUT2D eigenvalue weighted by Gasteiger charge is -2.22. The van der Waals surface area contributed by atoms with Crippen LogP contribution in [0.1, 0.15) is 55.1 Å². The first kappa shape index (κ1) is 39.7. The Kier molecular flexibility index (Phi) is 12.7. The summed E-state index contributed by atoms with van der Waals surface area (Å²) >= 11 is 0. The summed E-state index contributed by atoms with van der Waals surface area (Å²) in [5.41, 5.74) is 3.82. The van der Waals surface area contributed by atoms with Crippen LogP contribution in [0.25, 0.3) is 0 Å². The summed E-state index contributed by atoms with van der Waals surface area (Å²) in [6.07, 6.45) is 2.90. The number of benzene rings is 6. The van der Waals surface area contributed by atoms with Crippen LogP contribution < -0.4 is 9.47 Å². The molecule has 0 aliphatic carbocycles. The zero-order chi connectivity index (χ0) is 41.0. The molecule has 6 rings (SSSR count). The van der Waals surface area contributed by atoms with Crippen LogP contribution in [0.5, 0.6) is 23.0 Å². The van der Waals surface area contributed by atoms with E-state index in [2.05, 4.69) is 20.5 Å². The number of nitrogens with zero attached hydrogens (tertiary/aromatic N) is 6. The topological polar surface area (TPSA) is 208 Å². The van der Waals surface area contributed by atoms with E-state index < -0.39 is 24.0 Å². The maximum atomic E-state index is 11.8. The lowest BCUT2D eigenvalue weighted by Crippen LogP contribution is -2.10. The second-order valence-electron chi connectivity index (χ2n) is 12.6. The fraction of sp³-hybridized carbons (Fsp3) is 0.0909. The van der Waals surface area contributed by atoms with Gasteiger partial charge in [-0.3, -0.25) is 9.98 Å². The van der Waals surface area contributed by atoms with Crippen LogP contribution in [0.15, 0.2) is 164 Å². The Hall–Kier alpha value is -8.00. The number of aliphatic imine (C=N–C) groups is 2. The predicted octanol–water partition coefficient (Wildman–Crippen LogP) is 10.4. The van der Waals surface area contributed by atoms with Crippen molar-refractivity contribution in [1.82, 2.24) is 0 Å². The van der Waals surface area contributed by atoms with Gasteiger partial charge in [0.1, 0.15) is 35.1 Å². The molecule has 0 amide bonds. The van der Waals surface area contributed by atoms with Crippen molar-refractivity contribution in [3.63, 3.8) is 0 Å². The maximum absolute atomic E-state index is 11.8. The molecule has 0 aliphatic rings. The van der Waals surface area contributed by atoms with Gasteiger partial charge in [0.15, 0.2) is 0 Å². The molecule has 2 atom stereocenters. The number of methoxy groups -OCH3 is 2. The highest BCUT2D eigenvalue weighted by atomic mass is 16.5. The van der Waals surface area contributed by atoms with Crippen LogP contribution in [0.4, 0.5) is 22.7 Å². The highest BCUT2D eigenvalue weighted by molar-refractivity contribution is 5.89. The van der Waals surface area contributed by atoms with Gasteiger partial charge < -0.3 is 29.9 Å². The molecule has 0 aromatic heterocycles. The van der Waals surface area contributed by atoms with Gasteiger partial charge in [0, 0.05) is 23.6 Å². The number of phenolic OH excluding ortho intramolecular Hbond substituents is 2. The molecule has 0 heterocycles. The monoisotopic (exact) mass is 776 g/mol. The number of carbonyl (C=O) groups is 2. The minimum absolute atomic E-state index is 0.0513. The first-order valence-corrected chi connectivity index (χ1v) is 17.6. The van der Waals surface area contributed by atoms with Crippen LogP contribution in [0.3, 0.4) is 0 Å². The molecule has 6 aromatic carbocycles. The molecule has 0 aliphatic heterocycles. The van der Waals surface area contributed by atoms with Crippen molar-refractivity contribution in [1.29, 1.82) is 0 Å². The third-order valence-corrected chi connectivity index (χ3v) is 8.77. The molecule has 14 heteroatoms. The van der Waals surface area contributed by atoms with Crippen LogP contribution in [0.2, 0.25) is 0 Å². The minimum atomic E-state index is -1.12. The van der Waals surface area contributed by atoms with E-state index in [1.807, 2.05) is 0 Å². The Morgan fingerprint density at radius 1 is 0.483 bits per heavy atom. The highest BCUT2D eigenvalue weighted by Crippen LogP contribution is 2.37. The molecular formula is C44H36N6O8. The van der Waals surface area contributed by atoms with E-state index in [-0.39, 0.29) is 22.6 Å². The van der Waals surface area contributed by atoms with Gasteiger partial charge in [0.25, 0.3) is 0 Å². The van der Waals surface area contributed by atoms with Gasteiger partial charge in [-0.25, -0.2) is 9.59 Å². The summed E-state index contributed by atoms with van der Waals surface area (Å²) in [6.45, 7) is 0. The zero-order valence-corrected chi connectivity index (χ0v) is 31.1. The molecule has 0 saturated carbocycles. The largest absolute Gasteiger partial charge is 0.507 e. The van der Waals surface area contributed by atoms with E-state index in [9.17, 15) is 30.0 Å². The smallest absolute Gasteiger partial charge is 0.335 e. The molecule has 0 spiro atoms. The highest BCUT2D eigenvalue weighted by Gasteiger charge is 2.25. The summed E-state index contributed by atoms with van der Waals surface area (Å²) in [5, 5.41) is 58.1. The number of hydrogen-bond donors (Lipinski definition) is 4. The Morgan fingerprint density at radius 3 is 1.14 bits per heavy atom. The summed E-state index contributed by atoms with van der Waals surface area (Å²) in [6, 6.07) is 33.8. The number of carboxylic acid groups (broad SMARTS) is 2. The van der Waals surface area contributed by atoms with Crippen molar-refractivity contribution in [2.24, 2.45) is 30.4 Å². The van der Waals surface area contributed by atoms with E-state index >= 15 is 0 Å². The molecule has 2 unspecified atom stereocenters. The molecule has 6 aromatic rings. The van der Waals surface area contributed by atoms with Crippen LogP contribution in [-0.4, -0.2) is 59.0 Å². The van der Waals surface area contributed by atoms with E-state index in [0.717, 1.165) is 0 Å². The molecular weight excluding hydrogens is 741 g/mol. The van der Waals surface area contributed by atoms with Crippen molar-refractivity contribution in [2.75, 3.05) is 14.2 Å². The van der Waals surface area contributed by atoms with Gasteiger partial charge in [-0.2, -0.15) is 20.5 Å². The van der Waals surface area contributed by atoms with Gasteiger partial charge >= 0.3 is 11.9 Å². The fourth-order valence-electron chi connectivity index (χ4n) is 5.61. The zero-order valence-electron chi connectivity index (χ0n) is 31.1. The molecule has 58 heavy (non-hydrogen) atoms. The molecule has 0 saturated heterocycles. The molecule has 14 nitrogen and oxygen atoms in total. The molecule has 0 bridgehead atoms. The number of aromatic carboxylic acids is 2. The van der Waals surface area contributed by atoms with Crippen molar-refractivity contribution in [2.45, 2.75) is 12.1 Å². The van der Waals surface area contributed by atoms with Crippen molar-refractivity contribution in [3.8, 4) is 23.0 Å². The molecule has 0 fully saturated rings. The fourth-order valence-corrected chi connectivity index (χ4v) is 5.61. The Labute approximate surface area is 332 Å². The van der Waals surface area contributed by atoms with Crippen LogP contribution in [0, 0.1) is 0 Å². The van der Waals surface area contributed by atoms with Crippen molar-refractivity contribution < 1.29 is 39.5 Å². The Bertz CT molecular complexity index is 2320. The van der Waals surface area contributed by atoms with E-state index in [1.165, 1.54) is 48.8 Å². The number of aromatic hydroxyl groups is 2. The van der Waals surface area contributed by atoms with Crippen LogP contribution in [-0.2, 0) is 0 Å². The predicted molar refractivity (Wildman–Crippen MR) is 218 cm³/mol. The quantitative estimate of drug-likeness (QED) is 0.0581. The third-order valence-electron chi connectivity index (χ3n) is 8.77. The van der Waals surface area contributed by atoms with E-state index in [1.54, 1.807) is 111 Å². The number of phenols is 2. The molecule has 0 radical (unpaired) electrons. The van der Waals surface area contributed by atoms with Gasteiger partial charge in [0.2, 0.25) is 0 Å². The summed E-state index contributed by atoms with van der Waals surface area (Å²) < 4.78 is 10.4. The second-order valence-corrected chi connectivity index (χ2v) is 12.6. The molecule has 290 valence electrons. The number of hydrogen-bond acceptors (Lipinski definition) is 12. The third kappa shape index (κ3) is 10.2. The average molecular weight is 777 g/mol. The van der Waals surface area contributed by atoms with E-state index in [0.29, 0.717) is 56.5 Å². The van der Waals surface area contributed by atoms with Gasteiger partial charge in [-0.1, -0.05) is 24.3 Å². The van der Waals surface area contributed by atoms with Crippen molar-refractivity contribution in [3.05, 3.63) is 167 Å². The first-order valence-electron chi connectivity index (χ1n) is 17.6. The summed E-state index contributed by atoms with van der Waals surface area (Å²) in [5.74, 6) is -1.07. The summed E-state index contributed by atoms with van der Waals surface area (Å²) in [4.78, 5) is 33.3.